The summed E-state index contributed by atoms with van der Waals surface area (Å²) in [6.07, 6.45) is 3.72. The number of thiazole rings is 1. The highest BCUT2D eigenvalue weighted by Gasteiger charge is 2.22. The Bertz CT molecular complexity index is 678. The zero-order valence-corrected chi connectivity index (χ0v) is 14.8. The van der Waals surface area contributed by atoms with Gasteiger partial charge in [0, 0.05) is 6.61 Å². The summed E-state index contributed by atoms with van der Waals surface area (Å²) >= 11 is 1.41. The van der Waals surface area contributed by atoms with Crippen molar-refractivity contribution in [3.63, 3.8) is 0 Å². The molecule has 0 spiro atoms. The molecule has 2 aromatic rings. The number of hydrogen-bond donors (Lipinski definition) is 1. The zero-order chi connectivity index (χ0) is 16.9. The maximum atomic E-state index is 12.3. The van der Waals surface area contributed by atoms with Crippen LogP contribution in [-0.4, -0.2) is 30.1 Å². The van der Waals surface area contributed by atoms with E-state index in [1.807, 2.05) is 38.1 Å². The van der Waals surface area contributed by atoms with E-state index in [2.05, 4.69) is 10.3 Å². The fraction of sp³-hybridized carbons (Fsp3) is 0.444. The molecule has 2 heterocycles. The Labute approximate surface area is 146 Å². The highest BCUT2D eigenvalue weighted by atomic mass is 32.1. The monoisotopic (exact) mass is 346 g/mol. The maximum absolute atomic E-state index is 12.3. The Morgan fingerprint density at radius 2 is 2.25 bits per heavy atom. The third-order valence-electron chi connectivity index (χ3n) is 3.85. The molecule has 1 fully saturated rings. The third-order valence-corrected chi connectivity index (χ3v) is 4.94. The van der Waals surface area contributed by atoms with Crippen molar-refractivity contribution in [1.82, 2.24) is 10.3 Å². The Kier molecular flexibility index (Phi) is 5.48. The third kappa shape index (κ3) is 4.33. The first kappa shape index (κ1) is 16.9. The van der Waals surface area contributed by atoms with Crippen molar-refractivity contribution < 1.29 is 14.3 Å². The van der Waals surface area contributed by atoms with E-state index in [0.29, 0.717) is 11.5 Å². The Morgan fingerprint density at radius 1 is 1.46 bits per heavy atom. The molecule has 0 radical (unpaired) electrons. The van der Waals surface area contributed by atoms with Crippen molar-refractivity contribution >= 4 is 17.2 Å². The molecule has 1 aliphatic heterocycles. The first-order valence-corrected chi connectivity index (χ1v) is 9.01. The summed E-state index contributed by atoms with van der Waals surface area (Å²) in [7, 11) is 0. The quantitative estimate of drug-likeness (QED) is 0.870. The maximum Gasteiger partial charge on any atom is 0.263 e. The molecule has 0 bridgehead atoms. The van der Waals surface area contributed by atoms with Crippen LogP contribution in [0.25, 0.3) is 0 Å². The first-order chi connectivity index (χ1) is 11.6. The zero-order valence-electron chi connectivity index (χ0n) is 14.0. The van der Waals surface area contributed by atoms with Gasteiger partial charge >= 0.3 is 0 Å². The van der Waals surface area contributed by atoms with Crippen molar-refractivity contribution in [2.75, 3.05) is 13.2 Å². The summed E-state index contributed by atoms with van der Waals surface area (Å²) in [6, 6.07) is 7.78. The molecule has 2 atom stereocenters. The van der Waals surface area contributed by atoms with Crippen LogP contribution in [0.3, 0.4) is 0 Å². The van der Waals surface area contributed by atoms with Crippen molar-refractivity contribution in [1.29, 1.82) is 0 Å². The first-order valence-electron chi connectivity index (χ1n) is 8.19. The topological polar surface area (TPSA) is 60.5 Å². The molecular formula is C18H22N2O3S. The summed E-state index contributed by atoms with van der Waals surface area (Å²) in [5.74, 6) is 0.692. The van der Waals surface area contributed by atoms with Gasteiger partial charge in [-0.3, -0.25) is 4.79 Å². The number of rotatable bonds is 6. The fourth-order valence-electron chi connectivity index (χ4n) is 2.51. The van der Waals surface area contributed by atoms with Gasteiger partial charge in [-0.15, -0.1) is 11.3 Å². The standard InChI is InChI=1S/C18H22N2O3S/c1-12-5-7-14(8-6-12)23-11-13(2)20-17(21)16-10-19-18(24-16)15-4-3-9-22-15/h5-8,10,13,15H,3-4,9,11H2,1-2H3,(H,20,21)/t13-,15-/m0/s1. The molecular weight excluding hydrogens is 324 g/mol. The molecule has 5 nitrogen and oxygen atoms in total. The Balaban J connectivity index is 1.49. The van der Waals surface area contributed by atoms with Gasteiger partial charge in [-0.05, 0) is 38.8 Å². The number of amides is 1. The largest absolute Gasteiger partial charge is 0.491 e. The number of benzene rings is 1. The number of ether oxygens (including phenoxy) is 2. The predicted molar refractivity (Wildman–Crippen MR) is 93.6 cm³/mol. The van der Waals surface area contributed by atoms with E-state index in [1.54, 1.807) is 6.20 Å². The minimum absolute atomic E-state index is 0.0545. The molecule has 6 heteroatoms. The normalized spacial score (nSPS) is 18.3. The van der Waals surface area contributed by atoms with Crippen LogP contribution >= 0.6 is 11.3 Å². The van der Waals surface area contributed by atoms with Crippen molar-refractivity contribution in [3.05, 3.63) is 45.9 Å². The number of aryl methyl sites for hydroxylation is 1. The van der Waals surface area contributed by atoms with Crippen LogP contribution in [0.5, 0.6) is 5.75 Å². The average Bonchev–Trinajstić information content (AvgIpc) is 3.25. The lowest BCUT2D eigenvalue weighted by Crippen LogP contribution is -2.36. The lowest BCUT2D eigenvalue weighted by molar-refractivity contribution is 0.0930. The van der Waals surface area contributed by atoms with Gasteiger partial charge < -0.3 is 14.8 Å². The van der Waals surface area contributed by atoms with E-state index < -0.39 is 0 Å². The van der Waals surface area contributed by atoms with Crippen LogP contribution in [0.2, 0.25) is 0 Å². The lowest BCUT2D eigenvalue weighted by Gasteiger charge is -2.14. The van der Waals surface area contributed by atoms with Gasteiger partial charge in [0.15, 0.2) is 0 Å². The minimum atomic E-state index is -0.114. The van der Waals surface area contributed by atoms with Crippen LogP contribution in [0.4, 0.5) is 0 Å². The van der Waals surface area contributed by atoms with Crippen LogP contribution in [-0.2, 0) is 4.74 Å². The van der Waals surface area contributed by atoms with Crippen molar-refractivity contribution in [2.24, 2.45) is 0 Å². The molecule has 1 N–H and O–H groups in total. The number of nitrogens with one attached hydrogen (secondary N) is 1. The molecule has 1 aromatic heterocycles. The second-order valence-electron chi connectivity index (χ2n) is 6.06. The predicted octanol–water partition coefficient (Wildman–Crippen LogP) is 3.50. The van der Waals surface area contributed by atoms with Gasteiger partial charge in [-0.1, -0.05) is 17.7 Å². The SMILES string of the molecule is Cc1ccc(OC[C@H](C)NC(=O)c2cnc([C@@H]3CCCO3)s2)cc1. The van der Waals surface area contributed by atoms with Crippen LogP contribution in [0, 0.1) is 6.92 Å². The second-order valence-corrected chi connectivity index (χ2v) is 7.13. The second kappa shape index (κ2) is 7.77. The summed E-state index contributed by atoms with van der Waals surface area (Å²) in [4.78, 5) is 17.2. The molecule has 3 rings (SSSR count). The number of carbonyl (C=O) groups is 1. The number of nitrogens with zero attached hydrogens (tertiary/aromatic N) is 1. The van der Waals surface area contributed by atoms with Crippen molar-refractivity contribution in [3.8, 4) is 5.75 Å². The molecule has 1 amide bonds. The lowest BCUT2D eigenvalue weighted by atomic mass is 10.2. The molecule has 0 unspecified atom stereocenters. The summed E-state index contributed by atoms with van der Waals surface area (Å²) < 4.78 is 11.3. The molecule has 1 aliphatic rings. The Morgan fingerprint density at radius 3 is 2.96 bits per heavy atom. The van der Waals surface area contributed by atoms with Crippen LogP contribution in [0.15, 0.2) is 30.5 Å². The number of aromatic nitrogens is 1. The smallest absolute Gasteiger partial charge is 0.263 e. The molecule has 128 valence electrons. The molecule has 1 aromatic carbocycles. The number of hydrogen-bond acceptors (Lipinski definition) is 5. The van der Waals surface area contributed by atoms with Gasteiger partial charge in [-0.2, -0.15) is 0 Å². The molecule has 24 heavy (non-hydrogen) atoms. The van der Waals surface area contributed by atoms with E-state index in [9.17, 15) is 4.79 Å². The van der Waals surface area contributed by atoms with Gasteiger partial charge in [-0.25, -0.2) is 4.98 Å². The molecule has 0 aliphatic carbocycles. The molecule has 0 saturated carbocycles. The van der Waals surface area contributed by atoms with Crippen molar-refractivity contribution in [2.45, 2.75) is 38.8 Å². The van der Waals surface area contributed by atoms with E-state index in [-0.39, 0.29) is 18.1 Å². The Hall–Kier alpha value is -1.92. The summed E-state index contributed by atoms with van der Waals surface area (Å²) in [5, 5.41) is 3.84. The molecule has 1 saturated heterocycles. The van der Waals surface area contributed by atoms with E-state index in [1.165, 1.54) is 16.9 Å². The fourth-order valence-corrected chi connectivity index (χ4v) is 3.41. The summed E-state index contributed by atoms with van der Waals surface area (Å²) in [5.41, 5.74) is 1.19. The van der Waals surface area contributed by atoms with Gasteiger partial charge in [0.2, 0.25) is 0 Å². The van der Waals surface area contributed by atoms with Crippen LogP contribution in [0.1, 0.15) is 46.1 Å². The van der Waals surface area contributed by atoms with Gasteiger partial charge in [0.25, 0.3) is 5.91 Å². The number of carbonyl (C=O) groups excluding carboxylic acids is 1. The highest BCUT2D eigenvalue weighted by Crippen LogP contribution is 2.31. The summed E-state index contributed by atoms with van der Waals surface area (Å²) in [6.45, 7) is 5.16. The van der Waals surface area contributed by atoms with Gasteiger partial charge in [0.1, 0.15) is 28.3 Å². The average molecular weight is 346 g/mol. The highest BCUT2D eigenvalue weighted by molar-refractivity contribution is 7.13. The van der Waals surface area contributed by atoms with E-state index in [0.717, 1.165) is 30.2 Å². The van der Waals surface area contributed by atoms with E-state index in [4.69, 9.17) is 9.47 Å². The van der Waals surface area contributed by atoms with Gasteiger partial charge in [0.05, 0.1) is 12.2 Å². The van der Waals surface area contributed by atoms with Crippen LogP contribution < -0.4 is 10.1 Å². The minimum Gasteiger partial charge on any atom is -0.491 e. The van der Waals surface area contributed by atoms with E-state index >= 15 is 0 Å².